The lowest BCUT2D eigenvalue weighted by molar-refractivity contribution is -0.144. The maximum atomic E-state index is 12.0. The number of carbonyl (C=O) groups is 2. The molecule has 1 N–H and O–H groups in total. The third-order valence-electron chi connectivity index (χ3n) is 11.2. The highest BCUT2D eigenvalue weighted by molar-refractivity contribution is 5.69. The summed E-state index contributed by atoms with van der Waals surface area (Å²) in [5.74, 6) is -0.640. The summed E-state index contributed by atoms with van der Waals surface area (Å²) in [6.45, 7) is 2.89. The highest BCUT2D eigenvalue weighted by atomic mass is 16.5. The van der Waals surface area contributed by atoms with Crippen LogP contribution in [0.5, 0.6) is 0 Å². The zero-order valence-corrected chi connectivity index (χ0v) is 35.9. The largest absolute Gasteiger partial charge is 0.481 e. The van der Waals surface area contributed by atoms with Crippen LogP contribution in [0.2, 0.25) is 0 Å². The van der Waals surface area contributed by atoms with Crippen molar-refractivity contribution in [2.24, 2.45) is 0 Å². The van der Waals surface area contributed by atoms with Gasteiger partial charge < -0.3 is 9.84 Å². The minimum atomic E-state index is -0.653. The molecule has 0 spiro atoms. The number of hydrogen-bond acceptors (Lipinski definition) is 3. The number of allylic oxidation sites excluding steroid dienone is 2. The Bertz CT molecular complexity index is 747. The van der Waals surface area contributed by atoms with Crippen LogP contribution in [-0.2, 0) is 14.3 Å². The molecule has 0 saturated heterocycles. The molecule has 0 bridgehead atoms. The molecule has 53 heavy (non-hydrogen) atoms. The maximum Gasteiger partial charge on any atom is 0.305 e. The zero-order valence-electron chi connectivity index (χ0n) is 35.9. The van der Waals surface area contributed by atoms with Gasteiger partial charge in [0.15, 0.2) is 0 Å². The number of ether oxygens (including phenoxy) is 1. The fourth-order valence-corrected chi connectivity index (χ4v) is 7.57. The summed E-state index contributed by atoms with van der Waals surface area (Å²) < 4.78 is 5.46. The van der Waals surface area contributed by atoms with Crippen molar-refractivity contribution < 1.29 is 19.4 Å². The van der Waals surface area contributed by atoms with Crippen molar-refractivity contribution in [3.8, 4) is 0 Å². The smallest absolute Gasteiger partial charge is 0.305 e. The number of rotatable bonds is 46. The van der Waals surface area contributed by atoms with E-state index in [0.29, 0.717) is 19.4 Å². The van der Waals surface area contributed by atoms with Crippen molar-refractivity contribution in [2.75, 3.05) is 6.61 Å². The minimum absolute atomic E-state index is 0.0128. The van der Waals surface area contributed by atoms with Crippen molar-refractivity contribution in [3.63, 3.8) is 0 Å². The van der Waals surface area contributed by atoms with E-state index in [4.69, 9.17) is 9.84 Å². The fourth-order valence-electron chi connectivity index (χ4n) is 7.57. The van der Waals surface area contributed by atoms with Crippen LogP contribution in [0.25, 0.3) is 0 Å². The molecule has 0 rings (SSSR count). The lowest BCUT2D eigenvalue weighted by Crippen LogP contribution is -2.05. The van der Waals surface area contributed by atoms with E-state index >= 15 is 0 Å². The summed E-state index contributed by atoms with van der Waals surface area (Å²) in [7, 11) is 0. The van der Waals surface area contributed by atoms with Crippen LogP contribution in [0.15, 0.2) is 12.2 Å². The summed E-state index contributed by atoms with van der Waals surface area (Å²) in [6.07, 6.45) is 60.0. The van der Waals surface area contributed by atoms with E-state index < -0.39 is 5.97 Å². The third-order valence-corrected chi connectivity index (χ3v) is 11.2. The van der Waals surface area contributed by atoms with Gasteiger partial charge in [0, 0.05) is 12.8 Å². The fraction of sp³-hybridized carbons (Fsp3) is 0.918. The molecule has 0 radical (unpaired) electrons. The van der Waals surface area contributed by atoms with Gasteiger partial charge >= 0.3 is 11.9 Å². The Kier molecular flexibility index (Phi) is 45.7. The molecule has 0 aliphatic rings. The first-order valence-electron chi connectivity index (χ1n) is 24.2. The second-order valence-corrected chi connectivity index (χ2v) is 16.6. The lowest BCUT2D eigenvalue weighted by Gasteiger charge is -2.06. The molecular formula is C49H94O4. The second-order valence-electron chi connectivity index (χ2n) is 16.6. The van der Waals surface area contributed by atoms with Gasteiger partial charge in [0.1, 0.15) is 0 Å². The van der Waals surface area contributed by atoms with Crippen molar-refractivity contribution in [1.29, 1.82) is 0 Å². The number of unbranched alkanes of at least 4 members (excludes halogenated alkanes) is 38. The van der Waals surface area contributed by atoms with Crippen LogP contribution in [-0.4, -0.2) is 23.7 Å². The van der Waals surface area contributed by atoms with Gasteiger partial charge in [-0.3, -0.25) is 9.59 Å². The monoisotopic (exact) mass is 747 g/mol. The van der Waals surface area contributed by atoms with Gasteiger partial charge in [-0.1, -0.05) is 237 Å². The molecule has 0 amide bonds. The maximum absolute atomic E-state index is 12.0. The normalized spacial score (nSPS) is 11.6. The Morgan fingerprint density at radius 2 is 0.623 bits per heavy atom. The van der Waals surface area contributed by atoms with Crippen molar-refractivity contribution in [3.05, 3.63) is 12.2 Å². The topological polar surface area (TPSA) is 63.6 Å². The molecule has 0 unspecified atom stereocenters. The molecule has 0 atom stereocenters. The molecule has 0 saturated carbocycles. The highest BCUT2D eigenvalue weighted by Gasteiger charge is 2.03. The Hall–Kier alpha value is -1.32. The van der Waals surface area contributed by atoms with Crippen molar-refractivity contribution in [2.45, 2.75) is 283 Å². The Morgan fingerprint density at radius 1 is 0.358 bits per heavy atom. The molecule has 4 heteroatoms. The third kappa shape index (κ3) is 48.7. The number of hydrogen-bond donors (Lipinski definition) is 1. The Labute approximate surface area is 332 Å². The van der Waals surface area contributed by atoms with Crippen LogP contribution in [0.3, 0.4) is 0 Å². The second kappa shape index (κ2) is 46.8. The summed E-state index contributed by atoms with van der Waals surface area (Å²) in [5.41, 5.74) is 0. The van der Waals surface area contributed by atoms with Crippen LogP contribution in [0.4, 0.5) is 0 Å². The molecule has 0 aromatic rings. The van der Waals surface area contributed by atoms with E-state index in [0.717, 1.165) is 32.1 Å². The molecule has 0 aliphatic heterocycles. The number of carbonyl (C=O) groups excluding carboxylic acids is 1. The summed E-state index contributed by atoms with van der Waals surface area (Å²) >= 11 is 0. The molecule has 0 fully saturated rings. The van der Waals surface area contributed by atoms with E-state index in [1.807, 2.05) is 0 Å². The number of carboxylic acid groups (broad SMARTS) is 1. The first kappa shape index (κ1) is 51.7. The van der Waals surface area contributed by atoms with Gasteiger partial charge in [-0.2, -0.15) is 0 Å². The zero-order chi connectivity index (χ0) is 38.4. The van der Waals surface area contributed by atoms with Gasteiger partial charge in [0.2, 0.25) is 0 Å². The predicted octanol–water partition coefficient (Wildman–Crippen LogP) is 17.0. The number of aliphatic carboxylic acids is 1. The molecule has 0 aromatic carbocycles. The van der Waals surface area contributed by atoms with Gasteiger partial charge in [-0.25, -0.2) is 0 Å². The van der Waals surface area contributed by atoms with Gasteiger partial charge in [-0.15, -0.1) is 0 Å². The molecule has 4 nitrogen and oxygen atoms in total. The first-order chi connectivity index (χ1) is 26.2. The average molecular weight is 747 g/mol. The SMILES string of the molecule is CCCCCC/C=C\CCCCCCCC(=O)OCCCCCCCCCCCCCCCCCCCCCCCCCCCCCCCCC(=O)O. The molecule has 0 aliphatic carbocycles. The lowest BCUT2D eigenvalue weighted by atomic mass is 10.0. The van der Waals surface area contributed by atoms with Crippen LogP contribution >= 0.6 is 0 Å². The number of carboxylic acids is 1. The van der Waals surface area contributed by atoms with E-state index in [9.17, 15) is 9.59 Å². The van der Waals surface area contributed by atoms with E-state index in [1.54, 1.807) is 0 Å². The average Bonchev–Trinajstić information content (AvgIpc) is 3.15. The van der Waals surface area contributed by atoms with Crippen LogP contribution in [0, 0.1) is 0 Å². The molecule has 314 valence electrons. The van der Waals surface area contributed by atoms with Gasteiger partial charge in [-0.05, 0) is 44.9 Å². The van der Waals surface area contributed by atoms with E-state index in [2.05, 4.69) is 19.1 Å². The first-order valence-corrected chi connectivity index (χ1v) is 24.2. The molecule has 0 aromatic heterocycles. The molecular weight excluding hydrogens is 653 g/mol. The van der Waals surface area contributed by atoms with Crippen LogP contribution in [0.1, 0.15) is 283 Å². The Morgan fingerprint density at radius 3 is 0.943 bits per heavy atom. The summed E-state index contributed by atoms with van der Waals surface area (Å²) in [4.78, 5) is 22.5. The standard InChI is InChI=1S/C49H94O4/c1-2-3-4-5-6-7-8-27-31-34-37-40-43-46-49(52)53-47-44-41-38-35-32-29-26-24-22-20-18-16-14-12-10-9-11-13-15-17-19-21-23-25-28-30-33-36-39-42-45-48(50)51/h7-8H,2-6,9-47H2,1H3,(H,50,51)/b8-7-. The quantitative estimate of drug-likeness (QED) is 0.0383. The van der Waals surface area contributed by atoms with Crippen molar-refractivity contribution in [1.82, 2.24) is 0 Å². The van der Waals surface area contributed by atoms with E-state index in [-0.39, 0.29) is 5.97 Å². The van der Waals surface area contributed by atoms with Crippen LogP contribution < -0.4 is 0 Å². The number of esters is 1. The highest BCUT2D eigenvalue weighted by Crippen LogP contribution is 2.17. The molecule has 0 heterocycles. The summed E-state index contributed by atoms with van der Waals surface area (Å²) in [6, 6.07) is 0. The van der Waals surface area contributed by atoms with Crippen molar-refractivity contribution >= 4 is 11.9 Å². The minimum Gasteiger partial charge on any atom is -0.481 e. The Balaban J connectivity index is 3.14. The van der Waals surface area contributed by atoms with Gasteiger partial charge in [0.25, 0.3) is 0 Å². The predicted molar refractivity (Wildman–Crippen MR) is 232 cm³/mol. The summed E-state index contributed by atoms with van der Waals surface area (Å²) in [5, 5.41) is 8.66. The van der Waals surface area contributed by atoms with E-state index in [1.165, 1.54) is 231 Å². The van der Waals surface area contributed by atoms with Gasteiger partial charge in [0.05, 0.1) is 6.61 Å².